The zero-order valence-corrected chi connectivity index (χ0v) is 8.45. The Morgan fingerprint density at radius 2 is 1.92 bits per heavy atom. The lowest BCUT2D eigenvalue weighted by molar-refractivity contribution is -0.147. The van der Waals surface area contributed by atoms with Gasteiger partial charge in [0, 0.05) is 0 Å². The topological polar surface area (TPSA) is 29.5 Å². The van der Waals surface area contributed by atoms with Gasteiger partial charge < -0.3 is 9.84 Å². The largest absolute Gasteiger partial charge is 0.390 e. The van der Waals surface area contributed by atoms with Gasteiger partial charge in [-0.3, -0.25) is 0 Å². The summed E-state index contributed by atoms with van der Waals surface area (Å²) in [5.74, 6) is 1.03. The molecule has 12 heavy (non-hydrogen) atoms. The fourth-order valence-corrected chi connectivity index (χ4v) is 1.99. The summed E-state index contributed by atoms with van der Waals surface area (Å²) < 4.78 is 5.72. The molecule has 2 heteroatoms. The van der Waals surface area contributed by atoms with Gasteiger partial charge in [-0.25, -0.2) is 0 Å². The third-order valence-corrected chi connectivity index (χ3v) is 2.74. The van der Waals surface area contributed by atoms with E-state index in [0.717, 1.165) is 6.42 Å². The van der Waals surface area contributed by atoms with E-state index in [1.165, 1.54) is 0 Å². The first-order valence-electron chi connectivity index (χ1n) is 4.86. The average molecular weight is 172 g/mol. The Labute approximate surface area is 74.9 Å². The molecule has 72 valence electrons. The van der Waals surface area contributed by atoms with Crippen molar-refractivity contribution in [3.8, 4) is 0 Å². The third kappa shape index (κ3) is 1.99. The highest BCUT2D eigenvalue weighted by molar-refractivity contribution is 4.82. The number of ether oxygens (including phenoxy) is 1. The lowest BCUT2D eigenvalue weighted by atomic mass is 9.86. The Morgan fingerprint density at radius 3 is 2.42 bits per heavy atom. The quantitative estimate of drug-likeness (QED) is 0.653. The van der Waals surface area contributed by atoms with Crippen molar-refractivity contribution in [3.05, 3.63) is 0 Å². The SMILES string of the molecule is CC(C)[C@@H]1O[C@H](C)[C@H](O)C[C@H]1C. The van der Waals surface area contributed by atoms with E-state index in [0.29, 0.717) is 17.9 Å². The number of hydrogen-bond acceptors (Lipinski definition) is 2. The van der Waals surface area contributed by atoms with Gasteiger partial charge in [0.25, 0.3) is 0 Å². The number of aliphatic hydroxyl groups is 1. The molecule has 0 aromatic rings. The van der Waals surface area contributed by atoms with Crippen LogP contribution >= 0.6 is 0 Å². The predicted molar refractivity (Wildman–Crippen MR) is 49.0 cm³/mol. The Balaban J connectivity index is 2.55. The summed E-state index contributed by atoms with van der Waals surface area (Å²) in [6.07, 6.45) is 0.941. The summed E-state index contributed by atoms with van der Waals surface area (Å²) in [7, 11) is 0. The number of rotatable bonds is 1. The van der Waals surface area contributed by atoms with Crippen molar-refractivity contribution < 1.29 is 9.84 Å². The standard InChI is InChI=1S/C10H20O2/c1-6(2)10-7(3)5-9(11)8(4)12-10/h6-11H,5H2,1-4H3/t7-,8-,9-,10+/m1/s1. The van der Waals surface area contributed by atoms with Crippen molar-refractivity contribution >= 4 is 0 Å². The molecule has 1 fully saturated rings. The van der Waals surface area contributed by atoms with Crippen molar-refractivity contribution in [2.75, 3.05) is 0 Å². The van der Waals surface area contributed by atoms with E-state index in [-0.39, 0.29) is 12.2 Å². The van der Waals surface area contributed by atoms with Gasteiger partial charge in [0.15, 0.2) is 0 Å². The Hall–Kier alpha value is -0.0800. The van der Waals surface area contributed by atoms with Crippen molar-refractivity contribution in [2.24, 2.45) is 11.8 Å². The third-order valence-electron chi connectivity index (χ3n) is 2.74. The molecule has 0 aromatic heterocycles. The van der Waals surface area contributed by atoms with Gasteiger partial charge in [0.05, 0.1) is 18.3 Å². The summed E-state index contributed by atoms with van der Waals surface area (Å²) in [6, 6.07) is 0. The maximum absolute atomic E-state index is 9.52. The van der Waals surface area contributed by atoms with Crippen LogP contribution in [0.2, 0.25) is 0 Å². The summed E-state index contributed by atoms with van der Waals surface area (Å²) >= 11 is 0. The van der Waals surface area contributed by atoms with E-state index in [2.05, 4.69) is 20.8 Å². The minimum atomic E-state index is -0.269. The van der Waals surface area contributed by atoms with Gasteiger partial charge in [-0.05, 0) is 25.2 Å². The molecule has 0 aromatic carbocycles. The van der Waals surface area contributed by atoms with Crippen molar-refractivity contribution in [3.63, 3.8) is 0 Å². The van der Waals surface area contributed by atoms with Crippen LogP contribution in [0.3, 0.4) is 0 Å². The van der Waals surface area contributed by atoms with E-state index in [1.807, 2.05) is 6.92 Å². The molecule has 0 spiro atoms. The van der Waals surface area contributed by atoms with Crippen LogP contribution in [0.1, 0.15) is 34.1 Å². The highest BCUT2D eigenvalue weighted by atomic mass is 16.5. The Morgan fingerprint density at radius 1 is 1.33 bits per heavy atom. The minimum absolute atomic E-state index is 0.00796. The molecule has 2 nitrogen and oxygen atoms in total. The monoisotopic (exact) mass is 172 g/mol. The van der Waals surface area contributed by atoms with Crippen LogP contribution in [-0.4, -0.2) is 23.4 Å². The molecular formula is C10H20O2. The lowest BCUT2D eigenvalue weighted by Gasteiger charge is -2.38. The van der Waals surface area contributed by atoms with Crippen molar-refractivity contribution in [1.29, 1.82) is 0 Å². The molecule has 1 saturated heterocycles. The van der Waals surface area contributed by atoms with Crippen molar-refractivity contribution in [2.45, 2.75) is 52.4 Å². The first-order valence-corrected chi connectivity index (χ1v) is 4.86. The van der Waals surface area contributed by atoms with E-state index >= 15 is 0 Å². The van der Waals surface area contributed by atoms with Crippen LogP contribution in [0.5, 0.6) is 0 Å². The van der Waals surface area contributed by atoms with Crippen LogP contribution in [0.25, 0.3) is 0 Å². The maximum atomic E-state index is 9.52. The smallest absolute Gasteiger partial charge is 0.0810 e. The fourth-order valence-electron chi connectivity index (χ4n) is 1.99. The van der Waals surface area contributed by atoms with Crippen LogP contribution in [-0.2, 0) is 4.74 Å². The van der Waals surface area contributed by atoms with Crippen LogP contribution in [0, 0.1) is 11.8 Å². The second-order valence-corrected chi connectivity index (χ2v) is 4.33. The van der Waals surface area contributed by atoms with Crippen LogP contribution < -0.4 is 0 Å². The summed E-state index contributed by atoms with van der Waals surface area (Å²) in [6.45, 7) is 8.45. The molecule has 1 aliphatic rings. The average Bonchev–Trinajstić information content (AvgIpc) is 1.96. The summed E-state index contributed by atoms with van der Waals surface area (Å²) in [5.41, 5.74) is 0. The molecular weight excluding hydrogens is 152 g/mol. The van der Waals surface area contributed by atoms with Gasteiger partial charge in [0.2, 0.25) is 0 Å². The molecule has 0 unspecified atom stereocenters. The predicted octanol–water partition coefficient (Wildman–Crippen LogP) is 1.82. The van der Waals surface area contributed by atoms with E-state index in [4.69, 9.17) is 4.74 Å². The molecule has 0 aliphatic carbocycles. The van der Waals surface area contributed by atoms with Gasteiger partial charge in [-0.2, -0.15) is 0 Å². The fraction of sp³-hybridized carbons (Fsp3) is 1.00. The van der Waals surface area contributed by atoms with Gasteiger partial charge in [-0.15, -0.1) is 0 Å². The normalized spacial score (nSPS) is 43.5. The van der Waals surface area contributed by atoms with Crippen molar-refractivity contribution in [1.82, 2.24) is 0 Å². The highest BCUT2D eigenvalue weighted by Gasteiger charge is 2.33. The van der Waals surface area contributed by atoms with Gasteiger partial charge >= 0.3 is 0 Å². The molecule has 0 amide bonds. The number of hydrogen-bond donors (Lipinski definition) is 1. The molecule has 0 saturated carbocycles. The molecule has 0 bridgehead atoms. The number of aliphatic hydroxyl groups excluding tert-OH is 1. The molecule has 1 heterocycles. The zero-order chi connectivity index (χ0) is 9.30. The molecule has 4 atom stereocenters. The maximum Gasteiger partial charge on any atom is 0.0810 e. The molecule has 1 aliphatic heterocycles. The minimum Gasteiger partial charge on any atom is -0.390 e. The molecule has 0 radical (unpaired) electrons. The first-order chi connectivity index (χ1) is 5.52. The molecule has 1 rings (SSSR count). The summed E-state index contributed by atoms with van der Waals surface area (Å²) in [4.78, 5) is 0. The van der Waals surface area contributed by atoms with E-state index in [1.54, 1.807) is 0 Å². The second kappa shape index (κ2) is 3.75. The lowest BCUT2D eigenvalue weighted by Crippen LogP contribution is -2.44. The van der Waals surface area contributed by atoms with Crippen LogP contribution in [0.15, 0.2) is 0 Å². The van der Waals surface area contributed by atoms with E-state index < -0.39 is 0 Å². The summed E-state index contributed by atoms with van der Waals surface area (Å²) in [5, 5.41) is 9.52. The Kier molecular flexibility index (Phi) is 3.13. The van der Waals surface area contributed by atoms with Gasteiger partial charge in [0.1, 0.15) is 0 Å². The van der Waals surface area contributed by atoms with Crippen LogP contribution in [0.4, 0.5) is 0 Å². The first kappa shape index (κ1) is 10.0. The zero-order valence-electron chi connectivity index (χ0n) is 8.45. The Bertz CT molecular complexity index is 145. The highest BCUT2D eigenvalue weighted by Crippen LogP contribution is 2.29. The molecule has 1 N–H and O–H groups in total. The second-order valence-electron chi connectivity index (χ2n) is 4.33. The van der Waals surface area contributed by atoms with E-state index in [9.17, 15) is 5.11 Å². The van der Waals surface area contributed by atoms with Gasteiger partial charge in [-0.1, -0.05) is 20.8 Å².